The Bertz CT molecular complexity index is 756. The average Bonchev–Trinajstić information content (AvgIpc) is 2.97. The predicted molar refractivity (Wildman–Crippen MR) is 103 cm³/mol. The largest absolute Gasteiger partial charge is 0.858 e. The van der Waals surface area contributed by atoms with Crippen LogP contribution in [0.3, 0.4) is 0 Å². The fraction of sp³-hybridized carbons (Fsp3) is 0.350. The third kappa shape index (κ3) is 4.53. The van der Waals surface area contributed by atoms with Gasteiger partial charge in [-0.05, 0) is 73.8 Å². The fourth-order valence-corrected chi connectivity index (χ4v) is 3.26. The first kappa shape index (κ1) is 17.8. The summed E-state index contributed by atoms with van der Waals surface area (Å²) in [5.41, 5.74) is 3.97. The van der Waals surface area contributed by atoms with E-state index in [1.165, 1.54) is 5.56 Å². The van der Waals surface area contributed by atoms with Gasteiger partial charge in [-0.25, -0.2) is 0 Å². The summed E-state index contributed by atoms with van der Waals surface area (Å²) in [6.07, 6.45) is 1.79. The Kier molecular flexibility index (Phi) is 5.61. The van der Waals surface area contributed by atoms with E-state index in [1.807, 2.05) is 56.6 Å². The highest BCUT2D eigenvalue weighted by Gasteiger charge is 2.21. The molecule has 1 N–H and O–H groups in total. The van der Waals surface area contributed by atoms with Crippen molar-refractivity contribution in [3.8, 4) is 0 Å². The number of hydrogen-bond acceptors (Lipinski definition) is 4. The van der Waals surface area contributed by atoms with E-state index in [0.29, 0.717) is 5.56 Å². The predicted octanol–water partition coefficient (Wildman–Crippen LogP) is 3.11. The van der Waals surface area contributed by atoms with Gasteiger partial charge in [0.2, 0.25) is 0 Å². The lowest BCUT2D eigenvalue weighted by Crippen LogP contribution is -2.21. The van der Waals surface area contributed by atoms with Crippen LogP contribution in [0.2, 0.25) is 5.02 Å². The third-order valence-electron chi connectivity index (χ3n) is 4.44. The summed E-state index contributed by atoms with van der Waals surface area (Å²) in [5.74, 6) is -0.160. The molecule has 4 nitrogen and oxygen atoms in total. The molecule has 0 amide bonds. The van der Waals surface area contributed by atoms with Gasteiger partial charge in [0, 0.05) is 23.8 Å². The van der Waals surface area contributed by atoms with E-state index in [4.69, 9.17) is 11.6 Å². The van der Waals surface area contributed by atoms with Crippen LogP contribution in [0.25, 0.3) is 0 Å². The van der Waals surface area contributed by atoms with Gasteiger partial charge in [0.25, 0.3) is 0 Å². The lowest BCUT2D eigenvalue weighted by Gasteiger charge is -2.16. The van der Waals surface area contributed by atoms with Crippen LogP contribution in [0, 0.1) is 0 Å². The van der Waals surface area contributed by atoms with Gasteiger partial charge < -0.3 is 15.3 Å². The molecule has 0 radical (unpaired) electrons. The van der Waals surface area contributed by atoms with Crippen molar-refractivity contribution >= 4 is 23.2 Å². The number of likely N-dealkylation sites (N-methyl/N-ethyl adjacent to an activating group) is 1. The van der Waals surface area contributed by atoms with E-state index in [9.17, 15) is 5.11 Å². The van der Waals surface area contributed by atoms with Gasteiger partial charge in [0.15, 0.2) is 0 Å². The number of hydrogen-bond donors (Lipinski definition) is 1. The molecule has 0 spiro atoms. The first-order valence-electron chi connectivity index (χ1n) is 8.55. The Morgan fingerprint density at radius 3 is 2.72 bits per heavy atom. The number of nitrogens with zero attached hydrogens (tertiary/aromatic N) is 2. The number of anilines is 1. The highest BCUT2D eigenvalue weighted by atomic mass is 35.5. The van der Waals surface area contributed by atoms with Crippen molar-refractivity contribution in [2.75, 3.05) is 32.5 Å². The maximum atomic E-state index is 12.5. The van der Waals surface area contributed by atoms with Crippen LogP contribution in [0.4, 0.5) is 5.69 Å². The Hall–Kier alpha value is -2.04. The number of rotatable bonds is 6. The second-order valence-corrected chi connectivity index (χ2v) is 7.08. The van der Waals surface area contributed by atoms with Crippen LogP contribution in [-0.2, 0) is 6.42 Å². The molecule has 0 fully saturated rings. The summed E-state index contributed by atoms with van der Waals surface area (Å²) in [4.78, 5) is 6.54. The van der Waals surface area contributed by atoms with E-state index < -0.39 is 0 Å². The Balaban J connectivity index is 1.67. The summed E-state index contributed by atoms with van der Waals surface area (Å²) < 4.78 is 0. The SMILES string of the molecule is CN(C)CCNc1ccc(C([O-])=NC2CCc3cc(Cl)ccc32)cc1. The van der Waals surface area contributed by atoms with Crippen molar-refractivity contribution in [3.63, 3.8) is 0 Å². The number of halogens is 1. The van der Waals surface area contributed by atoms with Gasteiger partial charge in [-0.2, -0.15) is 0 Å². The average molecular weight is 357 g/mol. The minimum absolute atomic E-state index is 0.0577. The molecule has 0 aliphatic heterocycles. The molecule has 25 heavy (non-hydrogen) atoms. The molecular weight excluding hydrogens is 334 g/mol. The first-order valence-corrected chi connectivity index (χ1v) is 8.93. The fourth-order valence-electron chi connectivity index (χ4n) is 3.07. The van der Waals surface area contributed by atoms with Crippen LogP contribution in [0.1, 0.15) is 29.2 Å². The molecule has 0 saturated heterocycles. The molecule has 0 bridgehead atoms. The van der Waals surface area contributed by atoms with Gasteiger partial charge in [0.1, 0.15) is 0 Å². The summed E-state index contributed by atoms with van der Waals surface area (Å²) in [6, 6.07) is 13.3. The highest BCUT2D eigenvalue weighted by molar-refractivity contribution is 6.30. The maximum Gasteiger partial charge on any atom is 0.0747 e. The van der Waals surface area contributed by atoms with Crippen molar-refractivity contribution in [2.45, 2.75) is 18.9 Å². The number of fused-ring (bicyclic) bond motifs is 1. The third-order valence-corrected chi connectivity index (χ3v) is 4.68. The second-order valence-electron chi connectivity index (χ2n) is 6.64. The second kappa shape index (κ2) is 7.89. The van der Waals surface area contributed by atoms with Crippen molar-refractivity contribution in [1.82, 2.24) is 4.90 Å². The quantitative estimate of drug-likeness (QED) is 0.639. The first-order chi connectivity index (χ1) is 12.0. The van der Waals surface area contributed by atoms with Crippen LogP contribution in [0.15, 0.2) is 47.5 Å². The van der Waals surface area contributed by atoms with Crippen LogP contribution >= 0.6 is 11.6 Å². The van der Waals surface area contributed by atoms with Crippen molar-refractivity contribution in [2.24, 2.45) is 4.99 Å². The van der Waals surface area contributed by atoms with E-state index in [0.717, 1.165) is 42.2 Å². The highest BCUT2D eigenvalue weighted by Crippen LogP contribution is 2.35. The number of aryl methyl sites for hydroxylation is 1. The van der Waals surface area contributed by atoms with Crippen molar-refractivity contribution in [1.29, 1.82) is 0 Å². The number of aliphatic imine (C=N–C) groups is 1. The Morgan fingerprint density at radius 1 is 1.24 bits per heavy atom. The smallest absolute Gasteiger partial charge is 0.0747 e. The summed E-state index contributed by atoms with van der Waals surface area (Å²) in [7, 11) is 4.08. The van der Waals surface area contributed by atoms with Gasteiger partial charge in [0.05, 0.1) is 6.04 Å². The normalized spacial score (nSPS) is 17.0. The van der Waals surface area contributed by atoms with Crippen LogP contribution < -0.4 is 10.4 Å². The molecule has 1 unspecified atom stereocenters. The molecule has 2 aromatic rings. The monoisotopic (exact) mass is 356 g/mol. The zero-order valence-electron chi connectivity index (χ0n) is 14.6. The van der Waals surface area contributed by atoms with Crippen LogP contribution in [0.5, 0.6) is 0 Å². The lowest BCUT2D eigenvalue weighted by atomic mass is 10.1. The number of nitrogens with one attached hydrogen (secondary N) is 1. The summed E-state index contributed by atoms with van der Waals surface area (Å²) in [6.45, 7) is 1.83. The molecule has 0 heterocycles. The maximum absolute atomic E-state index is 12.5. The topological polar surface area (TPSA) is 50.7 Å². The molecule has 132 valence electrons. The van der Waals surface area contributed by atoms with E-state index >= 15 is 0 Å². The minimum atomic E-state index is -0.160. The molecule has 0 saturated carbocycles. The van der Waals surface area contributed by atoms with Crippen molar-refractivity contribution in [3.05, 3.63) is 64.2 Å². The zero-order valence-corrected chi connectivity index (χ0v) is 15.4. The molecule has 3 rings (SSSR count). The Morgan fingerprint density at radius 2 is 2.00 bits per heavy atom. The van der Waals surface area contributed by atoms with Crippen molar-refractivity contribution < 1.29 is 5.11 Å². The zero-order chi connectivity index (χ0) is 17.8. The molecular formula is C20H23ClN3O-. The summed E-state index contributed by atoms with van der Waals surface area (Å²) in [5, 5.41) is 16.5. The summed E-state index contributed by atoms with van der Waals surface area (Å²) >= 11 is 6.03. The standard InChI is InChI=1S/C20H24ClN3O/c1-24(2)12-11-22-17-7-3-14(4-8-17)20(25)23-19-10-5-15-13-16(21)6-9-18(15)19/h3-4,6-9,13,19,22H,5,10-12H2,1-2H3,(H,23,25)/p-1. The Labute approximate surface area is 154 Å². The molecule has 1 atom stereocenters. The lowest BCUT2D eigenvalue weighted by molar-refractivity contribution is -0.213. The van der Waals surface area contributed by atoms with Gasteiger partial charge in [-0.1, -0.05) is 29.8 Å². The van der Waals surface area contributed by atoms with Crippen LogP contribution in [-0.4, -0.2) is 38.0 Å². The molecule has 5 heteroatoms. The molecule has 0 aromatic heterocycles. The van der Waals surface area contributed by atoms with Gasteiger partial charge >= 0.3 is 0 Å². The molecule has 2 aromatic carbocycles. The molecule has 1 aliphatic carbocycles. The van der Waals surface area contributed by atoms with E-state index in [2.05, 4.69) is 15.2 Å². The van der Waals surface area contributed by atoms with E-state index in [1.54, 1.807) is 0 Å². The number of benzene rings is 2. The minimum Gasteiger partial charge on any atom is -0.858 e. The van der Waals surface area contributed by atoms with Gasteiger partial charge in [-0.15, -0.1) is 0 Å². The molecule has 1 aliphatic rings. The van der Waals surface area contributed by atoms with Gasteiger partial charge in [-0.3, -0.25) is 4.99 Å². The van der Waals surface area contributed by atoms with E-state index in [-0.39, 0.29) is 11.9 Å².